The third-order valence-electron chi connectivity index (χ3n) is 3.76. The van der Waals surface area contributed by atoms with Crippen LogP contribution in [0.4, 0.5) is 5.69 Å². The van der Waals surface area contributed by atoms with Crippen LogP contribution in [0.2, 0.25) is 0 Å². The maximum absolute atomic E-state index is 9.23. The molecule has 3 rings (SSSR count). The van der Waals surface area contributed by atoms with E-state index in [2.05, 4.69) is 47.4 Å². The molecule has 1 aliphatic rings. The molecule has 98 valence electrons. The number of rotatable bonds is 3. The van der Waals surface area contributed by atoms with E-state index in [1.165, 1.54) is 23.2 Å². The predicted molar refractivity (Wildman–Crippen MR) is 78.2 cm³/mol. The van der Waals surface area contributed by atoms with E-state index >= 15 is 0 Å². The third kappa shape index (κ3) is 2.64. The second-order valence-electron chi connectivity index (χ2n) is 5.13. The van der Waals surface area contributed by atoms with Crippen LogP contribution in [-0.4, -0.2) is 11.7 Å². The van der Waals surface area contributed by atoms with Crippen LogP contribution in [0.15, 0.2) is 48.5 Å². The van der Waals surface area contributed by atoms with Gasteiger partial charge in [-0.25, -0.2) is 0 Å². The van der Waals surface area contributed by atoms with Crippen LogP contribution in [0.3, 0.4) is 0 Å². The molecule has 0 saturated heterocycles. The summed E-state index contributed by atoms with van der Waals surface area (Å²) in [5.74, 6) is 0. The molecule has 0 unspecified atom stereocenters. The van der Waals surface area contributed by atoms with Gasteiger partial charge in [0.05, 0.1) is 6.61 Å². The van der Waals surface area contributed by atoms with Crippen LogP contribution in [0.25, 0.3) is 0 Å². The average molecular weight is 253 g/mol. The lowest BCUT2D eigenvalue weighted by atomic mass is 9.99. The average Bonchev–Trinajstić information content (AvgIpc) is 2.48. The number of aryl methyl sites for hydroxylation is 1. The summed E-state index contributed by atoms with van der Waals surface area (Å²) in [7, 11) is 0. The molecule has 2 heteroatoms. The van der Waals surface area contributed by atoms with Crippen molar-refractivity contribution in [2.75, 3.05) is 11.4 Å². The first-order chi connectivity index (χ1) is 9.36. The van der Waals surface area contributed by atoms with Gasteiger partial charge in [0, 0.05) is 18.8 Å². The molecule has 0 spiro atoms. The molecule has 1 N–H and O–H groups in total. The first-order valence-corrected chi connectivity index (χ1v) is 6.88. The number of fused-ring (bicyclic) bond motifs is 1. The lowest BCUT2D eigenvalue weighted by Crippen LogP contribution is -2.28. The molecule has 1 heterocycles. The Kier molecular flexibility index (Phi) is 3.51. The summed E-state index contributed by atoms with van der Waals surface area (Å²) in [5.41, 5.74) is 5.06. The van der Waals surface area contributed by atoms with Crippen LogP contribution in [0, 0.1) is 0 Å². The smallest absolute Gasteiger partial charge is 0.0681 e. The van der Waals surface area contributed by atoms with Crippen molar-refractivity contribution < 1.29 is 5.11 Å². The van der Waals surface area contributed by atoms with E-state index in [4.69, 9.17) is 0 Å². The molecule has 2 aromatic rings. The molecule has 2 aromatic carbocycles. The topological polar surface area (TPSA) is 23.5 Å². The van der Waals surface area contributed by atoms with Crippen LogP contribution in [0.5, 0.6) is 0 Å². The summed E-state index contributed by atoms with van der Waals surface area (Å²) in [4.78, 5) is 2.44. The fourth-order valence-corrected chi connectivity index (χ4v) is 2.79. The number of anilines is 1. The Morgan fingerprint density at radius 1 is 1.00 bits per heavy atom. The van der Waals surface area contributed by atoms with Crippen molar-refractivity contribution in [2.24, 2.45) is 0 Å². The largest absolute Gasteiger partial charge is 0.392 e. The first-order valence-electron chi connectivity index (χ1n) is 6.88. The van der Waals surface area contributed by atoms with Gasteiger partial charge in [0.2, 0.25) is 0 Å². The zero-order chi connectivity index (χ0) is 13.1. The van der Waals surface area contributed by atoms with Crippen LogP contribution >= 0.6 is 0 Å². The number of nitrogens with zero attached hydrogens (tertiary/aromatic N) is 1. The molecule has 0 atom stereocenters. The maximum Gasteiger partial charge on any atom is 0.0681 e. The molecule has 2 nitrogen and oxygen atoms in total. The monoisotopic (exact) mass is 253 g/mol. The Balaban J connectivity index is 1.86. The Hall–Kier alpha value is -1.80. The second-order valence-corrected chi connectivity index (χ2v) is 5.13. The van der Waals surface area contributed by atoms with E-state index in [1.807, 2.05) is 6.07 Å². The van der Waals surface area contributed by atoms with Crippen molar-refractivity contribution in [3.8, 4) is 0 Å². The molecule has 1 aliphatic heterocycles. The number of hydrogen-bond acceptors (Lipinski definition) is 2. The maximum atomic E-state index is 9.23. The van der Waals surface area contributed by atoms with Gasteiger partial charge in [-0.05, 0) is 35.6 Å². The van der Waals surface area contributed by atoms with E-state index < -0.39 is 0 Å². The standard InChI is InChI=1S/C17H19NO/c19-13-15-8-9-17-16(11-15)7-4-10-18(17)12-14-5-2-1-3-6-14/h1-3,5-6,8-9,11,19H,4,7,10,12-13H2. The summed E-state index contributed by atoms with van der Waals surface area (Å²) in [6.45, 7) is 2.21. The minimum Gasteiger partial charge on any atom is -0.392 e. The molecule has 0 saturated carbocycles. The van der Waals surface area contributed by atoms with E-state index in [-0.39, 0.29) is 6.61 Å². The zero-order valence-electron chi connectivity index (χ0n) is 11.0. The highest BCUT2D eigenvalue weighted by molar-refractivity contribution is 5.57. The third-order valence-corrected chi connectivity index (χ3v) is 3.76. The van der Waals surface area contributed by atoms with Gasteiger partial charge in [-0.1, -0.05) is 42.5 Å². The Morgan fingerprint density at radius 2 is 1.84 bits per heavy atom. The SMILES string of the molecule is OCc1ccc2c(c1)CCCN2Cc1ccccc1. The summed E-state index contributed by atoms with van der Waals surface area (Å²) in [6, 6.07) is 16.9. The number of aliphatic hydroxyl groups is 1. The van der Waals surface area contributed by atoms with Crippen molar-refractivity contribution in [2.45, 2.75) is 26.0 Å². The van der Waals surface area contributed by atoms with E-state index in [9.17, 15) is 5.11 Å². The predicted octanol–water partition coefficient (Wildman–Crippen LogP) is 3.13. The quantitative estimate of drug-likeness (QED) is 0.908. The number of hydrogen-bond donors (Lipinski definition) is 1. The van der Waals surface area contributed by atoms with Crippen molar-refractivity contribution in [1.29, 1.82) is 0 Å². The van der Waals surface area contributed by atoms with Crippen LogP contribution in [-0.2, 0) is 19.6 Å². The highest BCUT2D eigenvalue weighted by Crippen LogP contribution is 2.29. The van der Waals surface area contributed by atoms with Gasteiger partial charge in [0.1, 0.15) is 0 Å². The normalized spacial score (nSPS) is 14.3. The van der Waals surface area contributed by atoms with Crippen LogP contribution in [0.1, 0.15) is 23.1 Å². The fourth-order valence-electron chi connectivity index (χ4n) is 2.79. The van der Waals surface area contributed by atoms with E-state index in [1.54, 1.807) is 0 Å². The molecule has 19 heavy (non-hydrogen) atoms. The molecule has 0 aromatic heterocycles. The lowest BCUT2D eigenvalue weighted by molar-refractivity contribution is 0.281. The molecule has 0 bridgehead atoms. The molecule has 0 aliphatic carbocycles. The Bertz CT molecular complexity index is 550. The minimum atomic E-state index is 0.131. The second kappa shape index (κ2) is 5.45. The van der Waals surface area contributed by atoms with E-state index in [0.29, 0.717) is 0 Å². The van der Waals surface area contributed by atoms with Gasteiger partial charge in [-0.2, -0.15) is 0 Å². The first kappa shape index (κ1) is 12.2. The summed E-state index contributed by atoms with van der Waals surface area (Å²) >= 11 is 0. The van der Waals surface area contributed by atoms with Crippen LogP contribution < -0.4 is 4.90 Å². The lowest BCUT2D eigenvalue weighted by Gasteiger charge is -2.31. The Morgan fingerprint density at radius 3 is 2.63 bits per heavy atom. The highest BCUT2D eigenvalue weighted by Gasteiger charge is 2.17. The molecular weight excluding hydrogens is 234 g/mol. The molecular formula is C17H19NO. The van der Waals surface area contributed by atoms with Gasteiger partial charge in [-0.15, -0.1) is 0 Å². The van der Waals surface area contributed by atoms with Gasteiger partial charge >= 0.3 is 0 Å². The summed E-state index contributed by atoms with van der Waals surface area (Å²) in [6.07, 6.45) is 2.31. The van der Waals surface area contributed by atoms with E-state index in [0.717, 1.165) is 25.1 Å². The van der Waals surface area contributed by atoms with Gasteiger partial charge in [0.15, 0.2) is 0 Å². The molecule has 0 radical (unpaired) electrons. The summed E-state index contributed by atoms with van der Waals surface area (Å²) in [5, 5.41) is 9.23. The number of benzene rings is 2. The molecule has 0 amide bonds. The Labute approximate surface area is 114 Å². The van der Waals surface area contributed by atoms with Gasteiger partial charge < -0.3 is 10.0 Å². The summed E-state index contributed by atoms with van der Waals surface area (Å²) < 4.78 is 0. The van der Waals surface area contributed by atoms with Crippen molar-refractivity contribution in [3.63, 3.8) is 0 Å². The zero-order valence-corrected chi connectivity index (χ0v) is 11.0. The number of aliphatic hydroxyl groups excluding tert-OH is 1. The van der Waals surface area contributed by atoms with Gasteiger partial charge in [-0.3, -0.25) is 0 Å². The highest BCUT2D eigenvalue weighted by atomic mass is 16.3. The van der Waals surface area contributed by atoms with Crippen molar-refractivity contribution in [1.82, 2.24) is 0 Å². The minimum absolute atomic E-state index is 0.131. The van der Waals surface area contributed by atoms with Crippen molar-refractivity contribution >= 4 is 5.69 Å². The van der Waals surface area contributed by atoms with Gasteiger partial charge in [0.25, 0.3) is 0 Å². The molecule has 0 fully saturated rings. The fraction of sp³-hybridized carbons (Fsp3) is 0.294. The van der Waals surface area contributed by atoms with Crippen molar-refractivity contribution in [3.05, 3.63) is 65.2 Å².